The van der Waals surface area contributed by atoms with Crippen molar-refractivity contribution in [1.82, 2.24) is 4.98 Å². The Morgan fingerprint density at radius 3 is 2.42 bits per heavy atom. The van der Waals surface area contributed by atoms with Gasteiger partial charge >= 0.3 is 0 Å². The van der Waals surface area contributed by atoms with Gasteiger partial charge in [0.1, 0.15) is 11.5 Å². The molecule has 5 nitrogen and oxygen atoms in total. The van der Waals surface area contributed by atoms with Gasteiger partial charge in [-0.05, 0) is 26.0 Å². The molecule has 0 spiro atoms. The van der Waals surface area contributed by atoms with Gasteiger partial charge in [-0.2, -0.15) is 4.98 Å². The molecule has 102 valence electrons. The van der Waals surface area contributed by atoms with Crippen molar-refractivity contribution in [2.75, 3.05) is 26.6 Å². The third-order valence-corrected chi connectivity index (χ3v) is 3.04. The molecule has 1 N–H and O–H groups in total. The molecule has 5 heteroatoms. The summed E-state index contributed by atoms with van der Waals surface area (Å²) >= 11 is 0. The number of methoxy groups -OCH3 is 2. The molecule has 0 saturated carbocycles. The Kier molecular flexibility index (Phi) is 3.64. The molecule has 0 aliphatic rings. The molecule has 0 aliphatic heterocycles. The van der Waals surface area contributed by atoms with Crippen LogP contribution in [0.1, 0.15) is 11.3 Å². The predicted octanol–water partition coefficient (Wildman–Crippen LogP) is 3.02. The van der Waals surface area contributed by atoms with E-state index in [-0.39, 0.29) is 0 Å². The lowest BCUT2D eigenvalue weighted by Gasteiger charge is -2.13. The summed E-state index contributed by atoms with van der Waals surface area (Å²) in [6.07, 6.45) is 0. The summed E-state index contributed by atoms with van der Waals surface area (Å²) in [6, 6.07) is 4.30. The Labute approximate surface area is 112 Å². The van der Waals surface area contributed by atoms with Gasteiger partial charge in [-0.15, -0.1) is 0 Å². The number of aromatic nitrogens is 1. The minimum Gasteiger partial charge on any atom is -0.496 e. The van der Waals surface area contributed by atoms with Gasteiger partial charge in [0.05, 0.1) is 25.5 Å². The van der Waals surface area contributed by atoms with E-state index in [1.807, 2.05) is 26.0 Å². The van der Waals surface area contributed by atoms with Crippen LogP contribution in [-0.4, -0.2) is 26.3 Å². The molecular weight excluding hydrogens is 244 g/mol. The Morgan fingerprint density at radius 1 is 1.16 bits per heavy atom. The SMILES string of the molecule is CNc1nc(C)c(-c2ccc(OC)c(C)c2OC)o1. The number of oxazole rings is 1. The largest absolute Gasteiger partial charge is 0.496 e. The zero-order chi connectivity index (χ0) is 14.0. The fourth-order valence-corrected chi connectivity index (χ4v) is 2.09. The van der Waals surface area contributed by atoms with Crippen LogP contribution in [0.5, 0.6) is 11.5 Å². The molecule has 0 amide bonds. The van der Waals surface area contributed by atoms with E-state index in [0.717, 1.165) is 28.3 Å². The van der Waals surface area contributed by atoms with Crippen LogP contribution in [0.2, 0.25) is 0 Å². The highest BCUT2D eigenvalue weighted by atomic mass is 16.5. The summed E-state index contributed by atoms with van der Waals surface area (Å²) in [5, 5.41) is 2.89. The monoisotopic (exact) mass is 262 g/mol. The zero-order valence-corrected chi connectivity index (χ0v) is 11.8. The van der Waals surface area contributed by atoms with Crippen molar-refractivity contribution in [2.24, 2.45) is 0 Å². The number of hydrogen-bond acceptors (Lipinski definition) is 5. The first kappa shape index (κ1) is 13.3. The molecule has 0 fully saturated rings. The summed E-state index contributed by atoms with van der Waals surface area (Å²) in [7, 11) is 5.04. The second-order valence-corrected chi connectivity index (χ2v) is 4.16. The lowest BCUT2D eigenvalue weighted by molar-refractivity contribution is 0.389. The fraction of sp³-hybridized carbons (Fsp3) is 0.357. The molecular formula is C14H18N2O3. The summed E-state index contributed by atoms with van der Waals surface area (Å²) in [5.41, 5.74) is 2.61. The van der Waals surface area contributed by atoms with Gasteiger partial charge in [0.2, 0.25) is 0 Å². The van der Waals surface area contributed by atoms with Crippen molar-refractivity contribution >= 4 is 6.01 Å². The summed E-state index contributed by atoms with van der Waals surface area (Å²) < 4.78 is 16.5. The van der Waals surface area contributed by atoms with Crippen molar-refractivity contribution in [3.8, 4) is 22.8 Å². The summed E-state index contributed by atoms with van der Waals surface area (Å²) in [4.78, 5) is 4.29. The van der Waals surface area contributed by atoms with Crippen LogP contribution >= 0.6 is 0 Å². The van der Waals surface area contributed by atoms with Gasteiger partial charge in [-0.1, -0.05) is 0 Å². The number of benzene rings is 1. The van der Waals surface area contributed by atoms with Crippen molar-refractivity contribution in [3.63, 3.8) is 0 Å². The van der Waals surface area contributed by atoms with Crippen molar-refractivity contribution in [2.45, 2.75) is 13.8 Å². The zero-order valence-electron chi connectivity index (χ0n) is 11.8. The van der Waals surface area contributed by atoms with Crippen molar-refractivity contribution in [3.05, 3.63) is 23.4 Å². The molecule has 2 aromatic rings. The maximum absolute atomic E-state index is 5.68. The average molecular weight is 262 g/mol. The molecule has 0 saturated heterocycles. The topological polar surface area (TPSA) is 56.5 Å². The predicted molar refractivity (Wildman–Crippen MR) is 74.1 cm³/mol. The molecule has 1 aromatic heterocycles. The molecule has 1 aromatic carbocycles. The lowest BCUT2D eigenvalue weighted by Crippen LogP contribution is -1.95. The maximum Gasteiger partial charge on any atom is 0.295 e. The number of nitrogens with one attached hydrogen (secondary N) is 1. The number of rotatable bonds is 4. The van der Waals surface area contributed by atoms with E-state index in [2.05, 4.69) is 10.3 Å². The van der Waals surface area contributed by atoms with Crippen LogP contribution in [0.3, 0.4) is 0 Å². The minimum atomic E-state index is 0.489. The van der Waals surface area contributed by atoms with Gasteiger partial charge in [0.25, 0.3) is 6.01 Å². The van der Waals surface area contributed by atoms with Gasteiger partial charge < -0.3 is 19.2 Å². The maximum atomic E-state index is 5.68. The molecule has 1 heterocycles. The quantitative estimate of drug-likeness (QED) is 0.917. The number of anilines is 1. The highest BCUT2D eigenvalue weighted by Gasteiger charge is 2.18. The van der Waals surface area contributed by atoms with Crippen LogP contribution in [-0.2, 0) is 0 Å². The molecule has 0 radical (unpaired) electrons. The molecule has 0 unspecified atom stereocenters. The van der Waals surface area contributed by atoms with Gasteiger partial charge in [0, 0.05) is 12.6 Å². The fourth-order valence-electron chi connectivity index (χ4n) is 2.09. The smallest absolute Gasteiger partial charge is 0.295 e. The molecule has 0 atom stereocenters. The second-order valence-electron chi connectivity index (χ2n) is 4.16. The Balaban J connectivity index is 2.61. The standard InChI is InChI=1S/C14H18N2O3/c1-8-11(17-4)7-6-10(12(8)18-5)13-9(2)16-14(15-3)19-13/h6-7H,1-5H3,(H,15,16). The van der Waals surface area contributed by atoms with Crippen LogP contribution in [0.4, 0.5) is 6.01 Å². The van der Waals surface area contributed by atoms with E-state index >= 15 is 0 Å². The molecule has 0 aliphatic carbocycles. The molecule has 0 bridgehead atoms. The van der Waals surface area contributed by atoms with Crippen LogP contribution in [0.15, 0.2) is 16.5 Å². The van der Waals surface area contributed by atoms with Crippen molar-refractivity contribution < 1.29 is 13.9 Å². The highest BCUT2D eigenvalue weighted by Crippen LogP contribution is 2.39. The first-order valence-corrected chi connectivity index (χ1v) is 5.99. The second kappa shape index (κ2) is 5.22. The van der Waals surface area contributed by atoms with Gasteiger partial charge in [-0.25, -0.2) is 0 Å². The van der Waals surface area contributed by atoms with Crippen molar-refractivity contribution in [1.29, 1.82) is 0 Å². The van der Waals surface area contributed by atoms with E-state index in [1.54, 1.807) is 21.3 Å². The van der Waals surface area contributed by atoms with E-state index in [4.69, 9.17) is 13.9 Å². The number of hydrogen-bond donors (Lipinski definition) is 1. The first-order valence-electron chi connectivity index (χ1n) is 5.99. The van der Waals surface area contributed by atoms with E-state index in [1.165, 1.54) is 0 Å². The van der Waals surface area contributed by atoms with Crippen LogP contribution in [0, 0.1) is 13.8 Å². The molecule has 2 rings (SSSR count). The minimum absolute atomic E-state index is 0.489. The van der Waals surface area contributed by atoms with Crippen LogP contribution in [0.25, 0.3) is 11.3 Å². The Hall–Kier alpha value is -2.17. The van der Waals surface area contributed by atoms with Gasteiger partial charge in [-0.3, -0.25) is 0 Å². The first-order chi connectivity index (χ1) is 9.12. The normalized spacial score (nSPS) is 10.4. The number of aryl methyl sites for hydroxylation is 1. The van der Waals surface area contributed by atoms with E-state index in [9.17, 15) is 0 Å². The molecule has 19 heavy (non-hydrogen) atoms. The number of ether oxygens (including phenoxy) is 2. The Morgan fingerprint density at radius 2 is 1.89 bits per heavy atom. The van der Waals surface area contributed by atoms with Crippen LogP contribution < -0.4 is 14.8 Å². The third-order valence-electron chi connectivity index (χ3n) is 3.04. The van der Waals surface area contributed by atoms with Gasteiger partial charge in [0.15, 0.2) is 5.76 Å². The Bertz CT molecular complexity index is 591. The lowest BCUT2D eigenvalue weighted by atomic mass is 10.1. The highest BCUT2D eigenvalue weighted by molar-refractivity contribution is 5.72. The average Bonchev–Trinajstić information content (AvgIpc) is 2.79. The summed E-state index contributed by atoms with van der Waals surface area (Å²) in [6.45, 7) is 3.85. The third kappa shape index (κ3) is 2.23. The van der Waals surface area contributed by atoms with E-state index in [0.29, 0.717) is 11.8 Å². The summed E-state index contributed by atoms with van der Waals surface area (Å²) in [5.74, 6) is 2.22. The van der Waals surface area contributed by atoms with E-state index < -0.39 is 0 Å². The number of nitrogens with zero attached hydrogens (tertiary/aromatic N) is 1.